The van der Waals surface area contributed by atoms with Crippen LogP contribution >= 0.6 is 15.9 Å². The Kier molecular flexibility index (Phi) is 9.43. The Labute approximate surface area is 273 Å². The van der Waals surface area contributed by atoms with Gasteiger partial charge in [-0.3, -0.25) is 23.4 Å². The van der Waals surface area contributed by atoms with Crippen molar-refractivity contribution >= 4 is 49.7 Å². The highest BCUT2D eigenvalue weighted by molar-refractivity contribution is 9.10. The maximum atomic E-state index is 14.3. The number of ether oxygens (including phenoxy) is 2. The Hall–Kier alpha value is -2.57. The SMILES string of the molecule is C=C[C@@H]1C[C@]1(CC(=O)[C@@H]1C[C@H](OS(=O)(=O)c2ccc(Br)cc2)CN1C(=O)[C@@H](CC(=O)OC1C[C@@H]2C[C@@H]2C1)C(C)(C)C)C(=O)OC. The highest BCUT2D eigenvalue weighted by atomic mass is 79.9. The molecule has 1 aromatic carbocycles. The molecule has 5 rings (SSSR count). The van der Waals surface area contributed by atoms with E-state index in [4.69, 9.17) is 13.7 Å². The molecule has 1 amide bonds. The van der Waals surface area contributed by atoms with Gasteiger partial charge in [0.2, 0.25) is 5.91 Å². The second-order valence-electron chi connectivity index (χ2n) is 14.2. The lowest BCUT2D eigenvalue weighted by Gasteiger charge is -2.35. The number of amides is 1. The fourth-order valence-corrected chi connectivity index (χ4v) is 8.50. The van der Waals surface area contributed by atoms with Crippen LogP contribution in [0.25, 0.3) is 0 Å². The molecule has 3 aliphatic carbocycles. The zero-order valence-corrected chi connectivity index (χ0v) is 28.6. The van der Waals surface area contributed by atoms with Gasteiger partial charge in [0.1, 0.15) is 6.10 Å². The van der Waals surface area contributed by atoms with Crippen molar-refractivity contribution in [2.75, 3.05) is 13.7 Å². The van der Waals surface area contributed by atoms with E-state index >= 15 is 0 Å². The number of carbonyl (C=O) groups excluding carboxylic acids is 4. The van der Waals surface area contributed by atoms with Crippen LogP contribution in [0.15, 0.2) is 46.3 Å². The molecule has 0 N–H and O–H groups in total. The number of fused-ring (bicyclic) bond motifs is 1. The number of methoxy groups -OCH3 is 1. The first kappa shape index (κ1) is 33.8. The molecule has 3 saturated carbocycles. The monoisotopic (exact) mass is 707 g/mol. The van der Waals surface area contributed by atoms with Crippen LogP contribution in [0.4, 0.5) is 0 Å². The van der Waals surface area contributed by atoms with E-state index in [2.05, 4.69) is 22.5 Å². The van der Waals surface area contributed by atoms with Crippen molar-refractivity contribution in [2.24, 2.45) is 34.5 Å². The topological polar surface area (TPSA) is 133 Å². The van der Waals surface area contributed by atoms with E-state index in [1.165, 1.54) is 30.6 Å². The molecule has 246 valence electrons. The molecule has 0 spiro atoms. The summed E-state index contributed by atoms with van der Waals surface area (Å²) >= 11 is 3.29. The van der Waals surface area contributed by atoms with E-state index in [-0.39, 0.29) is 42.7 Å². The smallest absolute Gasteiger partial charge is 0.312 e. The van der Waals surface area contributed by atoms with Gasteiger partial charge in [-0.2, -0.15) is 8.42 Å². The second kappa shape index (κ2) is 12.6. The van der Waals surface area contributed by atoms with E-state index in [0.717, 1.165) is 12.8 Å². The number of nitrogens with zero attached hydrogens (tertiary/aromatic N) is 1. The van der Waals surface area contributed by atoms with Crippen LogP contribution in [0.1, 0.15) is 65.7 Å². The first-order chi connectivity index (χ1) is 21.1. The van der Waals surface area contributed by atoms with E-state index in [9.17, 15) is 27.6 Å². The molecule has 0 aromatic heterocycles. The average Bonchev–Trinajstić information content (AvgIpc) is 3.78. The van der Waals surface area contributed by atoms with Crippen LogP contribution in [0.5, 0.6) is 0 Å². The number of rotatable bonds is 12. The van der Waals surface area contributed by atoms with Gasteiger partial charge < -0.3 is 14.4 Å². The second-order valence-corrected chi connectivity index (χ2v) is 16.7. The van der Waals surface area contributed by atoms with E-state index < -0.39 is 62.6 Å². The van der Waals surface area contributed by atoms with Gasteiger partial charge in [-0.05, 0) is 73.1 Å². The number of allylic oxidation sites excluding steroid dienone is 1. The van der Waals surface area contributed by atoms with Crippen LogP contribution in [-0.4, -0.2) is 68.9 Å². The number of ketones is 1. The summed E-state index contributed by atoms with van der Waals surface area (Å²) in [5.74, 6) is -1.66. The normalized spacial score (nSPS) is 31.1. The minimum atomic E-state index is -4.23. The summed E-state index contributed by atoms with van der Waals surface area (Å²) in [6, 6.07) is 4.90. The Balaban J connectivity index is 1.37. The first-order valence-corrected chi connectivity index (χ1v) is 17.7. The standard InChI is InChI=1S/C33H42BrNO9S/c1-6-21-16-33(21,31(39)42-5)17-28(36)27-14-24(44-45(40,41)25-9-7-22(34)8-10-25)18-35(27)30(38)26(32(2,3)4)15-29(37)43-23-12-19-11-20(19)13-23/h6-10,19-21,23-24,26-27H,1,11-18H2,2-5H3/t19-,20+,21-,23?,24+,26-,27+,33-/m1/s1. The fraction of sp³-hybridized carbons (Fsp3) is 0.636. The van der Waals surface area contributed by atoms with Crippen LogP contribution in [0, 0.1) is 34.5 Å². The number of esters is 2. The number of Topliss-reactive ketones (excluding diaryl/α,β-unsaturated/α-hetero) is 1. The highest BCUT2D eigenvalue weighted by Crippen LogP contribution is 2.57. The Bertz CT molecular complexity index is 1460. The van der Waals surface area contributed by atoms with Crippen molar-refractivity contribution in [1.82, 2.24) is 4.90 Å². The van der Waals surface area contributed by atoms with Crippen molar-refractivity contribution < 1.29 is 41.3 Å². The lowest BCUT2D eigenvalue weighted by atomic mass is 9.77. The van der Waals surface area contributed by atoms with Gasteiger partial charge in [0.15, 0.2) is 5.78 Å². The van der Waals surface area contributed by atoms with Crippen molar-refractivity contribution in [3.63, 3.8) is 0 Å². The lowest BCUT2D eigenvalue weighted by molar-refractivity contribution is -0.157. The number of halogens is 1. The van der Waals surface area contributed by atoms with Gasteiger partial charge >= 0.3 is 11.9 Å². The predicted molar refractivity (Wildman–Crippen MR) is 167 cm³/mol. The molecule has 1 saturated heterocycles. The summed E-state index contributed by atoms with van der Waals surface area (Å²) < 4.78 is 43.4. The molecule has 1 aliphatic heterocycles. The minimum Gasteiger partial charge on any atom is -0.469 e. The summed E-state index contributed by atoms with van der Waals surface area (Å²) in [5, 5.41) is 0. The van der Waals surface area contributed by atoms with Gasteiger partial charge in [0.05, 0.1) is 41.9 Å². The summed E-state index contributed by atoms with van der Waals surface area (Å²) in [7, 11) is -2.96. The molecule has 0 radical (unpaired) electrons. The fourth-order valence-electron chi connectivity index (χ4n) is 7.16. The minimum absolute atomic E-state index is 0.0605. The lowest BCUT2D eigenvalue weighted by Crippen LogP contribution is -2.48. The molecule has 10 nitrogen and oxygen atoms in total. The zero-order chi connectivity index (χ0) is 32.9. The average molecular weight is 709 g/mol. The molecule has 45 heavy (non-hydrogen) atoms. The molecule has 12 heteroatoms. The molecule has 1 unspecified atom stereocenters. The largest absolute Gasteiger partial charge is 0.469 e. The molecule has 0 bridgehead atoms. The summed E-state index contributed by atoms with van der Waals surface area (Å²) in [6.07, 6.45) is 3.32. The van der Waals surface area contributed by atoms with Gasteiger partial charge in [-0.25, -0.2) is 0 Å². The predicted octanol–water partition coefficient (Wildman–Crippen LogP) is 4.84. The van der Waals surface area contributed by atoms with Gasteiger partial charge in [-0.1, -0.05) is 42.8 Å². The zero-order valence-electron chi connectivity index (χ0n) is 26.2. The van der Waals surface area contributed by atoms with Gasteiger partial charge in [-0.15, -0.1) is 6.58 Å². The van der Waals surface area contributed by atoms with Crippen LogP contribution in [0.3, 0.4) is 0 Å². The van der Waals surface area contributed by atoms with Crippen LogP contribution < -0.4 is 0 Å². The third-order valence-corrected chi connectivity index (χ3v) is 11.9. The summed E-state index contributed by atoms with van der Waals surface area (Å²) in [4.78, 5) is 55.3. The maximum Gasteiger partial charge on any atom is 0.312 e. The number of hydrogen-bond donors (Lipinski definition) is 0. The van der Waals surface area contributed by atoms with E-state index in [1.54, 1.807) is 18.2 Å². The number of benzene rings is 1. The molecular weight excluding hydrogens is 666 g/mol. The molecule has 8 atom stereocenters. The van der Waals surface area contributed by atoms with Gasteiger partial charge in [0, 0.05) is 23.9 Å². The molecule has 1 heterocycles. The molecule has 1 aromatic rings. The molecular formula is C33H42BrNO9S. The number of carbonyl (C=O) groups is 4. The maximum absolute atomic E-state index is 14.3. The van der Waals surface area contributed by atoms with Crippen LogP contribution in [0.2, 0.25) is 0 Å². The third kappa shape index (κ3) is 7.22. The summed E-state index contributed by atoms with van der Waals surface area (Å²) in [5.41, 5.74) is -1.75. The highest BCUT2D eigenvalue weighted by Gasteiger charge is 2.61. The number of hydrogen-bond acceptors (Lipinski definition) is 9. The Morgan fingerprint density at radius 1 is 1.07 bits per heavy atom. The third-order valence-electron chi connectivity index (χ3n) is 10.00. The Morgan fingerprint density at radius 2 is 1.71 bits per heavy atom. The molecule has 4 fully saturated rings. The quantitative estimate of drug-likeness (QED) is 0.170. The van der Waals surface area contributed by atoms with Crippen molar-refractivity contribution in [1.29, 1.82) is 0 Å². The van der Waals surface area contributed by atoms with E-state index in [1.807, 2.05) is 20.8 Å². The number of likely N-dealkylation sites (tertiary alicyclic amines) is 1. The summed E-state index contributed by atoms with van der Waals surface area (Å²) in [6.45, 7) is 9.14. The van der Waals surface area contributed by atoms with Crippen molar-refractivity contribution in [3.8, 4) is 0 Å². The van der Waals surface area contributed by atoms with Crippen molar-refractivity contribution in [3.05, 3.63) is 41.4 Å². The van der Waals surface area contributed by atoms with Crippen molar-refractivity contribution in [2.45, 2.75) is 88.9 Å². The molecule has 4 aliphatic rings. The Morgan fingerprint density at radius 3 is 2.27 bits per heavy atom. The first-order valence-electron chi connectivity index (χ1n) is 15.5. The van der Waals surface area contributed by atoms with Crippen LogP contribution in [-0.2, 0) is 43.0 Å². The van der Waals surface area contributed by atoms with E-state index in [0.29, 0.717) is 22.7 Å². The van der Waals surface area contributed by atoms with Gasteiger partial charge in [0.25, 0.3) is 10.1 Å².